The van der Waals surface area contributed by atoms with Gasteiger partial charge < -0.3 is 4.74 Å². The second-order valence-corrected chi connectivity index (χ2v) is 6.12. The summed E-state index contributed by atoms with van der Waals surface area (Å²) >= 11 is 0. The number of sulfone groups is 1. The average Bonchev–Trinajstić information content (AvgIpc) is 2.36. The number of hydrogen-bond acceptors (Lipinski definition) is 6. The van der Waals surface area contributed by atoms with Crippen molar-refractivity contribution >= 4 is 21.5 Å². The zero-order valence-electron chi connectivity index (χ0n) is 10.2. The van der Waals surface area contributed by atoms with Gasteiger partial charge in [0.1, 0.15) is 12.4 Å². The normalized spacial score (nSPS) is 11.0. The van der Waals surface area contributed by atoms with Gasteiger partial charge in [-0.05, 0) is 5.56 Å². The van der Waals surface area contributed by atoms with Crippen molar-refractivity contribution in [3.8, 4) is 0 Å². The van der Waals surface area contributed by atoms with Crippen molar-refractivity contribution in [3.05, 3.63) is 39.9 Å². The predicted octanol–water partition coefficient (Wildman–Crippen LogP) is 1.07. The molecule has 7 nitrogen and oxygen atoms in total. The first-order valence-corrected chi connectivity index (χ1v) is 7.25. The van der Waals surface area contributed by atoms with E-state index in [2.05, 4.69) is 0 Å². The number of esters is 1. The Morgan fingerprint density at radius 1 is 1.42 bits per heavy atom. The first-order valence-electron chi connectivity index (χ1n) is 5.43. The third-order valence-electron chi connectivity index (χ3n) is 2.30. The largest absolute Gasteiger partial charge is 0.460 e. The Kier molecular flexibility index (Phi) is 4.99. The minimum Gasteiger partial charge on any atom is -0.460 e. The average molecular weight is 287 g/mol. The van der Waals surface area contributed by atoms with E-state index in [1.807, 2.05) is 0 Å². The Balaban J connectivity index is 2.60. The van der Waals surface area contributed by atoms with Crippen LogP contribution in [0.25, 0.3) is 0 Å². The molecule has 0 aromatic heterocycles. The molecule has 0 aliphatic rings. The molecule has 8 heteroatoms. The van der Waals surface area contributed by atoms with Gasteiger partial charge in [-0.25, -0.2) is 8.42 Å². The molecule has 0 fully saturated rings. The van der Waals surface area contributed by atoms with Crippen molar-refractivity contribution in [1.29, 1.82) is 0 Å². The monoisotopic (exact) mass is 287 g/mol. The molecule has 0 N–H and O–H groups in total. The SMILES string of the molecule is CCS(=O)(=O)CC(=O)OCc1cccc([N+](=O)[O-])c1. The number of carbonyl (C=O) groups excluding carboxylic acids is 1. The lowest BCUT2D eigenvalue weighted by atomic mass is 10.2. The second kappa shape index (κ2) is 6.28. The van der Waals surface area contributed by atoms with Crippen molar-refractivity contribution in [2.24, 2.45) is 0 Å². The molecule has 1 rings (SSSR count). The number of ether oxygens (including phenoxy) is 1. The standard InChI is InChI=1S/C11H13NO6S/c1-2-19(16,17)8-11(13)18-7-9-4-3-5-10(6-9)12(14)15/h3-6H,2,7-8H2,1H3. The van der Waals surface area contributed by atoms with Crippen molar-refractivity contribution < 1.29 is 22.9 Å². The van der Waals surface area contributed by atoms with Crippen LogP contribution in [0.3, 0.4) is 0 Å². The number of non-ortho nitro benzene ring substituents is 1. The third-order valence-corrected chi connectivity index (χ3v) is 3.85. The fourth-order valence-corrected chi connectivity index (χ4v) is 1.89. The zero-order valence-corrected chi connectivity index (χ0v) is 11.1. The highest BCUT2D eigenvalue weighted by atomic mass is 32.2. The quantitative estimate of drug-likeness (QED) is 0.440. The Labute approximate surface area is 110 Å². The van der Waals surface area contributed by atoms with Crippen molar-refractivity contribution in [2.75, 3.05) is 11.5 Å². The van der Waals surface area contributed by atoms with Gasteiger partial charge in [-0.15, -0.1) is 0 Å². The van der Waals surface area contributed by atoms with E-state index in [0.717, 1.165) is 0 Å². The van der Waals surface area contributed by atoms with E-state index < -0.39 is 26.5 Å². The van der Waals surface area contributed by atoms with Gasteiger partial charge in [0.05, 0.1) is 4.92 Å². The second-order valence-electron chi connectivity index (χ2n) is 3.76. The molecule has 104 valence electrons. The Morgan fingerprint density at radius 2 is 2.11 bits per heavy atom. The molecule has 0 radical (unpaired) electrons. The van der Waals surface area contributed by atoms with Crippen LogP contribution in [0, 0.1) is 10.1 Å². The van der Waals surface area contributed by atoms with Gasteiger partial charge in [0.2, 0.25) is 0 Å². The van der Waals surface area contributed by atoms with Gasteiger partial charge in [-0.3, -0.25) is 14.9 Å². The van der Waals surface area contributed by atoms with Gasteiger partial charge in [-0.2, -0.15) is 0 Å². The van der Waals surface area contributed by atoms with Crippen LogP contribution >= 0.6 is 0 Å². The predicted molar refractivity (Wildman–Crippen MR) is 67.2 cm³/mol. The van der Waals surface area contributed by atoms with Crippen LogP contribution in [0.15, 0.2) is 24.3 Å². The highest BCUT2D eigenvalue weighted by molar-refractivity contribution is 7.92. The topological polar surface area (TPSA) is 104 Å². The summed E-state index contributed by atoms with van der Waals surface area (Å²) in [5, 5.41) is 10.5. The van der Waals surface area contributed by atoms with Gasteiger partial charge >= 0.3 is 5.97 Å². The lowest BCUT2D eigenvalue weighted by molar-refractivity contribution is -0.384. The van der Waals surface area contributed by atoms with Crippen LogP contribution in [-0.2, 0) is 26.0 Å². The molecule has 0 saturated carbocycles. The molecule has 0 atom stereocenters. The van der Waals surface area contributed by atoms with Crippen molar-refractivity contribution in [3.63, 3.8) is 0 Å². The van der Waals surface area contributed by atoms with Crippen LogP contribution in [0.5, 0.6) is 0 Å². The number of hydrogen-bond donors (Lipinski definition) is 0. The van der Waals surface area contributed by atoms with Crippen LogP contribution in [0.4, 0.5) is 5.69 Å². The summed E-state index contributed by atoms with van der Waals surface area (Å²) in [5.74, 6) is -1.69. The molecular weight excluding hydrogens is 274 g/mol. The molecule has 0 aliphatic heterocycles. The van der Waals surface area contributed by atoms with Gasteiger partial charge in [0, 0.05) is 17.9 Å². The maximum absolute atomic E-state index is 11.3. The highest BCUT2D eigenvalue weighted by Gasteiger charge is 2.16. The maximum Gasteiger partial charge on any atom is 0.321 e. The molecule has 0 unspecified atom stereocenters. The molecular formula is C11H13NO6S. The van der Waals surface area contributed by atoms with Gasteiger partial charge in [0.15, 0.2) is 9.84 Å². The number of benzene rings is 1. The summed E-state index contributed by atoms with van der Waals surface area (Å²) < 4.78 is 27.1. The third kappa shape index (κ3) is 5.04. The summed E-state index contributed by atoms with van der Waals surface area (Å²) in [6, 6.07) is 5.59. The molecule has 1 aromatic rings. The van der Waals surface area contributed by atoms with E-state index >= 15 is 0 Å². The van der Waals surface area contributed by atoms with E-state index in [1.54, 1.807) is 6.07 Å². The Morgan fingerprint density at radius 3 is 2.68 bits per heavy atom. The summed E-state index contributed by atoms with van der Waals surface area (Å²) in [6.45, 7) is 1.24. The zero-order chi connectivity index (χ0) is 14.5. The number of nitro groups is 1. The fraction of sp³-hybridized carbons (Fsp3) is 0.364. The lowest BCUT2D eigenvalue weighted by Crippen LogP contribution is -2.19. The Hall–Kier alpha value is -1.96. The van der Waals surface area contributed by atoms with Crippen LogP contribution in [0.2, 0.25) is 0 Å². The fourth-order valence-electron chi connectivity index (χ4n) is 1.25. The molecule has 0 bridgehead atoms. The van der Waals surface area contributed by atoms with E-state index in [-0.39, 0.29) is 18.0 Å². The van der Waals surface area contributed by atoms with Gasteiger partial charge in [0.25, 0.3) is 5.69 Å². The molecule has 0 heterocycles. The van der Waals surface area contributed by atoms with Crippen LogP contribution in [-0.4, -0.2) is 30.8 Å². The summed E-state index contributed by atoms with van der Waals surface area (Å²) in [7, 11) is -3.43. The maximum atomic E-state index is 11.3. The molecule has 0 amide bonds. The van der Waals surface area contributed by atoms with E-state index in [9.17, 15) is 23.3 Å². The summed E-state index contributed by atoms with van der Waals surface area (Å²) in [5.41, 5.74) is 0.311. The first kappa shape index (κ1) is 15.1. The summed E-state index contributed by atoms with van der Waals surface area (Å²) in [4.78, 5) is 21.2. The lowest BCUT2D eigenvalue weighted by Gasteiger charge is -2.04. The van der Waals surface area contributed by atoms with Gasteiger partial charge in [-0.1, -0.05) is 19.1 Å². The van der Waals surface area contributed by atoms with Crippen molar-refractivity contribution in [1.82, 2.24) is 0 Å². The number of rotatable bonds is 6. The highest BCUT2D eigenvalue weighted by Crippen LogP contribution is 2.13. The molecule has 0 spiro atoms. The van der Waals surface area contributed by atoms with E-state index in [4.69, 9.17) is 4.74 Å². The van der Waals surface area contributed by atoms with E-state index in [0.29, 0.717) is 5.56 Å². The van der Waals surface area contributed by atoms with E-state index in [1.165, 1.54) is 25.1 Å². The smallest absolute Gasteiger partial charge is 0.321 e. The number of nitrogens with zero attached hydrogens (tertiary/aromatic N) is 1. The first-order chi connectivity index (χ1) is 8.84. The van der Waals surface area contributed by atoms with Crippen LogP contribution in [0.1, 0.15) is 12.5 Å². The molecule has 0 saturated heterocycles. The molecule has 19 heavy (non-hydrogen) atoms. The minimum absolute atomic E-state index is 0.116. The molecule has 0 aliphatic carbocycles. The minimum atomic E-state index is -3.43. The Bertz CT molecular complexity index is 581. The number of nitro benzene ring substituents is 1. The molecule has 1 aromatic carbocycles. The number of carbonyl (C=O) groups is 1. The summed E-state index contributed by atoms with van der Waals surface area (Å²) in [6.07, 6.45) is 0. The van der Waals surface area contributed by atoms with Crippen LogP contribution < -0.4 is 0 Å². The van der Waals surface area contributed by atoms with Crippen molar-refractivity contribution in [2.45, 2.75) is 13.5 Å².